The van der Waals surface area contributed by atoms with Crippen LogP contribution in [0.1, 0.15) is 32.6 Å². The van der Waals surface area contributed by atoms with Gasteiger partial charge in [-0.25, -0.2) is 0 Å². The Morgan fingerprint density at radius 3 is 2.88 bits per heavy atom. The van der Waals surface area contributed by atoms with Crippen LogP contribution in [0.4, 0.5) is 0 Å². The molecule has 2 unspecified atom stereocenters. The molecule has 0 aromatic rings. The zero-order valence-corrected chi connectivity index (χ0v) is 9.98. The molecule has 16 heavy (non-hydrogen) atoms. The van der Waals surface area contributed by atoms with Crippen LogP contribution in [0.3, 0.4) is 0 Å². The summed E-state index contributed by atoms with van der Waals surface area (Å²) in [6.45, 7) is 3.51. The minimum Gasteiger partial charge on any atom is -0.481 e. The highest BCUT2D eigenvalue weighted by Crippen LogP contribution is 2.33. The molecular formula is C11H21NO4. The fraction of sp³-hybridized carbons (Fsp3) is 0.909. The van der Waals surface area contributed by atoms with E-state index in [2.05, 4.69) is 11.8 Å². The van der Waals surface area contributed by atoms with Crippen molar-refractivity contribution in [3.8, 4) is 0 Å². The number of likely N-dealkylation sites (tertiary alicyclic amines) is 1. The van der Waals surface area contributed by atoms with Crippen molar-refractivity contribution in [2.45, 2.75) is 44.4 Å². The molecule has 94 valence electrons. The molecule has 0 saturated carbocycles. The normalized spacial score (nSPS) is 28.2. The molecule has 1 aliphatic rings. The van der Waals surface area contributed by atoms with Crippen LogP contribution in [-0.2, 0) is 9.53 Å². The van der Waals surface area contributed by atoms with Crippen LogP contribution in [-0.4, -0.2) is 53.1 Å². The molecule has 2 N–H and O–H groups in total. The Balaban J connectivity index is 2.52. The summed E-state index contributed by atoms with van der Waals surface area (Å²) in [6, 6.07) is 0. The van der Waals surface area contributed by atoms with E-state index in [1.165, 1.54) is 7.11 Å². The molecule has 1 fully saturated rings. The summed E-state index contributed by atoms with van der Waals surface area (Å²) in [5, 5.41) is 18.2. The fourth-order valence-corrected chi connectivity index (χ4v) is 2.38. The van der Waals surface area contributed by atoms with Crippen molar-refractivity contribution in [1.82, 2.24) is 4.90 Å². The number of carbonyl (C=O) groups is 1. The lowest BCUT2D eigenvalue weighted by molar-refractivity contribution is -0.137. The average Bonchev–Trinajstić information content (AvgIpc) is 2.56. The number of rotatable bonds is 6. The van der Waals surface area contributed by atoms with Crippen LogP contribution in [0.2, 0.25) is 0 Å². The summed E-state index contributed by atoms with van der Waals surface area (Å²) in [6.07, 6.45) is 1.94. The lowest BCUT2D eigenvalue weighted by Crippen LogP contribution is -2.44. The minimum absolute atomic E-state index is 0.134. The molecule has 5 nitrogen and oxygen atoms in total. The molecule has 0 aromatic heterocycles. The average molecular weight is 231 g/mol. The molecule has 0 bridgehead atoms. The van der Waals surface area contributed by atoms with E-state index in [0.717, 1.165) is 19.4 Å². The molecule has 1 aliphatic heterocycles. The third-order valence-corrected chi connectivity index (χ3v) is 3.39. The number of nitrogens with zero attached hydrogens (tertiary/aromatic N) is 1. The molecule has 2 atom stereocenters. The van der Waals surface area contributed by atoms with Gasteiger partial charge in [0, 0.05) is 25.6 Å². The minimum atomic E-state index is -0.776. The van der Waals surface area contributed by atoms with Gasteiger partial charge in [-0.2, -0.15) is 0 Å². The van der Waals surface area contributed by atoms with E-state index in [1.54, 1.807) is 0 Å². The Kier molecular flexibility index (Phi) is 4.70. The second-order valence-corrected chi connectivity index (χ2v) is 4.63. The lowest BCUT2D eigenvalue weighted by atomic mass is 9.94. The van der Waals surface area contributed by atoms with E-state index in [-0.39, 0.29) is 12.0 Å². The number of hydrogen-bond donors (Lipinski definition) is 2. The summed E-state index contributed by atoms with van der Waals surface area (Å²) >= 11 is 0. The summed E-state index contributed by atoms with van der Waals surface area (Å²) in [7, 11) is 1.48. The van der Waals surface area contributed by atoms with E-state index in [4.69, 9.17) is 9.84 Å². The van der Waals surface area contributed by atoms with Gasteiger partial charge in [-0.05, 0) is 26.3 Å². The maximum absolute atomic E-state index is 10.5. The monoisotopic (exact) mass is 231 g/mol. The predicted molar refractivity (Wildman–Crippen MR) is 59.1 cm³/mol. The maximum atomic E-state index is 10.5. The van der Waals surface area contributed by atoms with Crippen molar-refractivity contribution in [2.75, 3.05) is 20.2 Å². The van der Waals surface area contributed by atoms with Gasteiger partial charge in [0.2, 0.25) is 0 Å². The van der Waals surface area contributed by atoms with Crippen molar-refractivity contribution in [3.63, 3.8) is 0 Å². The Labute approximate surface area is 96.0 Å². The van der Waals surface area contributed by atoms with E-state index in [1.807, 2.05) is 0 Å². The van der Waals surface area contributed by atoms with E-state index >= 15 is 0 Å². The number of aliphatic hydroxyl groups is 1. The molecule has 1 rings (SSSR count). The molecule has 0 aromatic carbocycles. The van der Waals surface area contributed by atoms with Gasteiger partial charge in [-0.1, -0.05) is 0 Å². The molecule has 1 heterocycles. The van der Waals surface area contributed by atoms with Crippen LogP contribution < -0.4 is 0 Å². The second kappa shape index (κ2) is 5.61. The third kappa shape index (κ3) is 3.43. The maximum Gasteiger partial charge on any atom is 0.304 e. The standard InChI is InChI=1S/C11H21NO4/c1-11(8-10(15)16-2)5-3-6-12(11)7-4-9(13)14/h10,15H,3-8H2,1-2H3,(H,13,14). The topological polar surface area (TPSA) is 70.0 Å². The first-order valence-electron chi connectivity index (χ1n) is 5.65. The Hall–Kier alpha value is -0.650. The van der Waals surface area contributed by atoms with E-state index in [9.17, 15) is 9.90 Å². The first-order valence-corrected chi connectivity index (χ1v) is 5.65. The third-order valence-electron chi connectivity index (χ3n) is 3.39. The second-order valence-electron chi connectivity index (χ2n) is 4.63. The van der Waals surface area contributed by atoms with Crippen LogP contribution in [0, 0.1) is 0 Å². The van der Waals surface area contributed by atoms with Crippen molar-refractivity contribution in [3.05, 3.63) is 0 Å². The van der Waals surface area contributed by atoms with Crippen molar-refractivity contribution in [2.24, 2.45) is 0 Å². The molecule has 0 amide bonds. The number of carboxylic acid groups (broad SMARTS) is 1. The number of aliphatic carboxylic acids is 1. The Morgan fingerprint density at radius 2 is 2.31 bits per heavy atom. The smallest absolute Gasteiger partial charge is 0.304 e. The SMILES string of the molecule is COC(O)CC1(C)CCCN1CCC(=O)O. The van der Waals surface area contributed by atoms with Gasteiger partial charge in [-0.3, -0.25) is 9.69 Å². The largest absolute Gasteiger partial charge is 0.481 e. The number of hydrogen-bond acceptors (Lipinski definition) is 4. The van der Waals surface area contributed by atoms with Gasteiger partial charge >= 0.3 is 5.97 Å². The van der Waals surface area contributed by atoms with Gasteiger partial charge < -0.3 is 14.9 Å². The number of aliphatic hydroxyl groups excluding tert-OH is 1. The number of carboxylic acids is 1. The zero-order chi connectivity index (χ0) is 12.2. The van der Waals surface area contributed by atoms with Crippen molar-refractivity contribution < 1.29 is 19.7 Å². The summed E-state index contributed by atoms with van der Waals surface area (Å²) < 4.78 is 4.86. The fourth-order valence-electron chi connectivity index (χ4n) is 2.38. The highest BCUT2D eigenvalue weighted by Gasteiger charge is 2.37. The summed E-state index contributed by atoms with van der Waals surface area (Å²) in [5.74, 6) is -0.776. The highest BCUT2D eigenvalue weighted by atomic mass is 16.6. The van der Waals surface area contributed by atoms with Gasteiger partial charge in [0.25, 0.3) is 0 Å². The zero-order valence-electron chi connectivity index (χ0n) is 9.98. The van der Waals surface area contributed by atoms with Crippen LogP contribution in [0.15, 0.2) is 0 Å². The van der Waals surface area contributed by atoms with Crippen molar-refractivity contribution in [1.29, 1.82) is 0 Å². The quantitative estimate of drug-likeness (QED) is 0.657. The van der Waals surface area contributed by atoms with Crippen LogP contribution >= 0.6 is 0 Å². The number of methoxy groups -OCH3 is 1. The molecule has 1 saturated heterocycles. The molecule has 0 radical (unpaired) electrons. The van der Waals surface area contributed by atoms with E-state index < -0.39 is 12.3 Å². The Bertz CT molecular complexity index is 246. The predicted octanol–water partition coefficient (Wildman–Crippen LogP) is 0.671. The summed E-state index contributed by atoms with van der Waals surface area (Å²) in [5.41, 5.74) is -0.134. The highest BCUT2D eigenvalue weighted by molar-refractivity contribution is 5.66. The Morgan fingerprint density at radius 1 is 1.62 bits per heavy atom. The van der Waals surface area contributed by atoms with Gasteiger partial charge in [0.15, 0.2) is 6.29 Å². The lowest BCUT2D eigenvalue weighted by Gasteiger charge is -2.36. The van der Waals surface area contributed by atoms with E-state index in [0.29, 0.717) is 13.0 Å². The van der Waals surface area contributed by atoms with Gasteiger partial charge in [-0.15, -0.1) is 0 Å². The summed E-state index contributed by atoms with van der Waals surface area (Å²) in [4.78, 5) is 12.7. The number of ether oxygens (including phenoxy) is 1. The van der Waals surface area contributed by atoms with Crippen LogP contribution in [0.25, 0.3) is 0 Å². The molecule has 5 heteroatoms. The van der Waals surface area contributed by atoms with Gasteiger partial charge in [0.1, 0.15) is 0 Å². The first kappa shape index (κ1) is 13.4. The van der Waals surface area contributed by atoms with Crippen molar-refractivity contribution >= 4 is 5.97 Å². The molecule has 0 spiro atoms. The molecule has 0 aliphatic carbocycles. The van der Waals surface area contributed by atoms with Crippen LogP contribution in [0.5, 0.6) is 0 Å². The van der Waals surface area contributed by atoms with Gasteiger partial charge in [0.05, 0.1) is 6.42 Å². The molecular weight excluding hydrogens is 210 g/mol. The first-order chi connectivity index (χ1) is 7.48.